The lowest BCUT2D eigenvalue weighted by atomic mass is 9.93. The molecule has 0 bridgehead atoms. The minimum absolute atomic E-state index is 0.883. The van der Waals surface area contributed by atoms with Gasteiger partial charge in [0.25, 0.3) is 0 Å². The van der Waals surface area contributed by atoms with Crippen molar-refractivity contribution >= 4 is 49.8 Å². The van der Waals surface area contributed by atoms with Crippen molar-refractivity contribution in [3.05, 3.63) is 212 Å². The Morgan fingerprint density at radius 1 is 0.296 bits per heavy atom. The topological polar surface area (TPSA) is 16.4 Å². The summed E-state index contributed by atoms with van der Waals surface area (Å²) in [5.74, 6) is 0. The smallest absolute Gasteiger partial charge is 0.143 e. The quantitative estimate of drug-likeness (QED) is 0.166. The highest BCUT2D eigenvalue weighted by Gasteiger charge is 2.23. The highest BCUT2D eigenvalue weighted by atomic mass is 16.3. The normalized spacial score (nSPS) is 11.3. The predicted octanol–water partition coefficient (Wildman–Crippen LogP) is 14.9. The van der Waals surface area contributed by atoms with E-state index in [-0.39, 0.29) is 0 Å². The molecule has 2 nitrogen and oxygen atoms in total. The summed E-state index contributed by atoms with van der Waals surface area (Å²) in [6.45, 7) is 0. The number of furan rings is 1. The van der Waals surface area contributed by atoms with Gasteiger partial charge in [-0.1, -0.05) is 170 Å². The van der Waals surface area contributed by atoms with Gasteiger partial charge in [-0.05, 0) is 81.2 Å². The standard InChI is InChI=1S/C52H35NO/c1-4-14-36(15-5-1)38-24-29-42(30-25-38)53(43-31-26-39(27-32-43)37-16-6-2-7-17-37)49-23-13-12-22-46(49)47-35-34-44(40-18-8-3-9-19-40)50-48-33-28-41-20-10-11-21-45(41)51(48)54-52(47)50/h1-35H. The van der Waals surface area contributed by atoms with E-state index in [1.165, 1.54) is 22.3 Å². The second-order valence-electron chi connectivity index (χ2n) is 13.7. The van der Waals surface area contributed by atoms with Crippen LogP contribution in [-0.2, 0) is 0 Å². The summed E-state index contributed by atoms with van der Waals surface area (Å²) in [7, 11) is 0. The van der Waals surface area contributed by atoms with E-state index in [9.17, 15) is 0 Å². The summed E-state index contributed by atoms with van der Waals surface area (Å²) in [6.07, 6.45) is 0. The van der Waals surface area contributed by atoms with Gasteiger partial charge in [-0.3, -0.25) is 0 Å². The van der Waals surface area contributed by atoms with E-state index in [1.54, 1.807) is 0 Å². The van der Waals surface area contributed by atoms with Crippen LogP contribution in [0, 0.1) is 0 Å². The summed E-state index contributed by atoms with van der Waals surface area (Å²) >= 11 is 0. The van der Waals surface area contributed by atoms with Crippen molar-refractivity contribution in [2.75, 3.05) is 4.90 Å². The van der Waals surface area contributed by atoms with Gasteiger partial charge in [0.05, 0.1) is 5.69 Å². The summed E-state index contributed by atoms with van der Waals surface area (Å²) in [5, 5.41) is 4.52. The number of para-hydroxylation sites is 1. The van der Waals surface area contributed by atoms with Crippen LogP contribution in [0.25, 0.3) is 77.2 Å². The molecule has 10 aromatic rings. The fourth-order valence-corrected chi connectivity index (χ4v) is 7.87. The molecule has 1 aromatic heterocycles. The van der Waals surface area contributed by atoms with Crippen LogP contribution in [0.2, 0.25) is 0 Å². The minimum Gasteiger partial charge on any atom is -0.455 e. The number of fused-ring (bicyclic) bond motifs is 5. The molecule has 0 saturated carbocycles. The van der Waals surface area contributed by atoms with Gasteiger partial charge in [-0.2, -0.15) is 0 Å². The van der Waals surface area contributed by atoms with Crippen LogP contribution in [-0.4, -0.2) is 0 Å². The first-order chi connectivity index (χ1) is 26.8. The molecular formula is C52H35NO. The number of anilines is 3. The first-order valence-corrected chi connectivity index (χ1v) is 18.4. The molecular weight excluding hydrogens is 655 g/mol. The molecule has 254 valence electrons. The van der Waals surface area contributed by atoms with Crippen LogP contribution < -0.4 is 4.90 Å². The second-order valence-corrected chi connectivity index (χ2v) is 13.7. The lowest BCUT2D eigenvalue weighted by Gasteiger charge is -2.28. The molecule has 0 atom stereocenters. The number of hydrogen-bond donors (Lipinski definition) is 0. The number of benzene rings is 9. The average Bonchev–Trinajstić information content (AvgIpc) is 3.66. The van der Waals surface area contributed by atoms with Crippen molar-refractivity contribution in [1.29, 1.82) is 0 Å². The fourth-order valence-electron chi connectivity index (χ4n) is 7.87. The Kier molecular flexibility index (Phi) is 7.85. The third kappa shape index (κ3) is 5.53. The van der Waals surface area contributed by atoms with Crippen molar-refractivity contribution in [3.63, 3.8) is 0 Å². The third-order valence-corrected chi connectivity index (χ3v) is 10.5. The highest BCUT2D eigenvalue weighted by molar-refractivity contribution is 6.22. The van der Waals surface area contributed by atoms with Gasteiger partial charge in [0.1, 0.15) is 11.2 Å². The van der Waals surface area contributed by atoms with Gasteiger partial charge in [-0.25, -0.2) is 0 Å². The molecule has 9 aromatic carbocycles. The molecule has 0 radical (unpaired) electrons. The Morgan fingerprint density at radius 3 is 1.43 bits per heavy atom. The van der Waals surface area contributed by atoms with Crippen LogP contribution in [0.1, 0.15) is 0 Å². The molecule has 0 amide bonds. The van der Waals surface area contributed by atoms with E-state index < -0.39 is 0 Å². The first kappa shape index (κ1) is 31.6. The van der Waals surface area contributed by atoms with Gasteiger partial charge in [-0.15, -0.1) is 0 Å². The van der Waals surface area contributed by atoms with Gasteiger partial charge >= 0.3 is 0 Å². The molecule has 2 heteroatoms. The molecule has 54 heavy (non-hydrogen) atoms. The number of rotatable bonds is 7. The Labute approximate surface area is 314 Å². The van der Waals surface area contributed by atoms with Crippen molar-refractivity contribution in [2.24, 2.45) is 0 Å². The number of hydrogen-bond acceptors (Lipinski definition) is 2. The molecule has 0 unspecified atom stereocenters. The zero-order chi connectivity index (χ0) is 35.8. The largest absolute Gasteiger partial charge is 0.455 e. The third-order valence-electron chi connectivity index (χ3n) is 10.5. The Hall–Kier alpha value is -7.16. The van der Waals surface area contributed by atoms with E-state index in [2.05, 4.69) is 217 Å². The molecule has 0 aliphatic carbocycles. The molecule has 1 heterocycles. The second kappa shape index (κ2) is 13.4. The Balaban J connectivity index is 1.20. The first-order valence-electron chi connectivity index (χ1n) is 18.4. The zero-order valence-corrected chi connectivity index (χ0v) is 29.6. The monoisotopic (exact) mass is 689 g/mol. The van der Waals surface area contributed by atoms with Crippen molar-refractivity contribution < 1.29 is 4.42 Å². The zero-order valence-electron chi connectivity index (χ0n) is 29.6. The van der Waals surface area contributed by atoms with Crippen LogP contribution >= 0.6 is 0 Å². The number of nitrogens with zero attached hydrogens (tertiary/aromatic N) is 1. The van der Waals surface area contributed by atoms with Crippen molar-refractivity contribution in [2.45, 2.75) is 0 Å². The summed E-state index contributed by atoms with van der Waals surface area (Å²) in [5.41, 5.74) is 14.2. The molecule has 0 spiro atoms. The Morgan fingerprint density at radius 2 is 0.796 bits per heavy atom. The Bertz CT molecular complexity index is 2810. The van der Waals surface area contributed by atoms with Crippen LogP contribution in [0.3, 0.4) is 0 Å². The van der Waals surface area contributed by atoms with Crippen molar-refractivity contribution in [3.8, 4) is 44.5 Å². The van der Waals surface area contributed by atoms with Gasteiger partial charge in [0.2, 0.25) is 0 Å². The SMILES string of the molecule is c1ccc(-c2ccc(N(c3ccc(-c4ccccc4)cc3)c3ccccc3-c3ccc(-c4ccccc4)c4c3oc3c5ccccc5ccc34)cc2)cc1. The maximum atomic E-state index is 7.07. The highest BCUT2D eigenvalue weighted by Crippen LogP contribution is 2.47. The molecule has 0 aliphatic rings. The van der Waals surface area contributed by atoms with Gasteiger partial charge in [0, 0.05) is 38.7 Å². The lowest BCUT2D eigenvalue weighted by molar-refractivity contribution is 0.674. The molecule has 0 aliphatic heterocycles. The van der Waals surface area contributed by atoms with E-state index in [1.807, 2.05) is 0 Å². The summed E-state index contributed by atoms with van der Waals surface area (Å²) in [6, 6.07) is 75.7. The fraction of sp³-hybridized carbons (Fsp3) is 0. The molecule has 0 fully saturated rings. The van der Waals surface area contributed by atoms with Crippen molar-refractivity contribution in [1.82, 2.24) is 0 Å². The summed E-state index contributed by atoms with van der Waals surface area (Å²) < 4.78 is 7.07. The van der Waals surface area contributed by atoms with Crippen LogP contribution in [0.15, 0.2) is 217 Å². The minimum atomic E-state index is 0.883. The van der Waals surface area contributed by atoms with Crippen LogP contribution in [0.5, 0.6) is 0 Å². The predicted molar refractivity (Wildman–Crippen MR) is 228 cm³/mol. The van der Waals surface area contributed by atoms with Gasteiger partial charge < -0.3 is 9.32 Å². The maximum Gasteiger partial charge on any atom is 0.143 e. The van der Waals surface area contributed by atoms with E-state index in [4.69, 9.17) is 4.42 Å². The van der Waals surface area contributed by atoms with E-state index >= 15 is 0 Å². The summed E-state index contributed by atoms with van der Waals surface area (Å²) in [4.78, 5) is 2.37. The van der Waals surface area contributed by atoms with Crippen LogP contribution in [0.4, 0.5) is 17.1 Å². The molecule has 10 rings (SSSR count). The molecule has 0 saturated heterocycles. The molecule has 0 N–H and O–H groups in total. The van der Waals surface area contributed by atoms with E-state index in [0.717, 1.165) is 72.0 Å². The lowest BCUT2D eigenvalue weighted by Crippen LogP contribution is -2.11. The average molecular weight is 690 g/mol. The van der Waals surface area contributed by atoms with E-state index in [0.29, 0.717) is 0 Å². The maximum absolute atomic E-state index is 7.07. The van der Waals surface area contributed by atoms with Gasteiger partial charge in [0.15, 0.2) is 0 Å².